The normalized spacial score (nSPS) is 13.4. The van der Waals surface area contributed by atoms with Crippen molar-refractivity contribution in [3.05, 3.63) is 66.2 Å². The minimum Gasteiger partial charge on any atom is -0.489 e. The number of aromatic nitrogens is 2. The molecule has 0 saturated heterocycles. The van der Waals surface area contributed by atoms with Crippen LogP contribution in [0, 0.1) is 18.3 Å². The SMILES string of the molecule is Cc1ccc(S(=O)(=O)N2CCOc3ccc(-c4cnc(C#N)nc4)cc32)cc1. The molecule has 7 nitrogen and oxygen atoms in total. The second kappa shape index (κ2) is 6.94. The van der Waals surface area contributed by atoms with Gasteiger partial charge in [-0.3, -0.25) is 4.31 Å². The predicted octanol–water partition coefficient (Wildman–Crippen LogP) is 2.91. The van der Waals surface area contributed by atoms with Crippen molar-refractivity contribution in [3.63, 3.8) is 0 Å². The van der Waals surface area contributed by atoms with Crippen molar-refractivity contribution in [3.8, 4) is 22.9 Å². The minimum atomic E-state index is -3.72. The van der Waals surface area contributed by atoms with Crippen LogP contribution in [0.25, 0.3) is 11.1 Å². The molecule has 1 aliphatic rings. The Labute approximate surface area is 162 Å². The van der Waals surface area contributed by atoms with Crippen LogP contribution in [0.5, 0.6) is 5.75 Å². The molecule has 0 aliphatic carbocycles. The van der Waals surface area contributed by atoms with Gasteiger partial charge in [-0.2, -0.15) is 5.26 Å². The van der Waals surface area contributed by atoms with E-state index in [1.165, 1.54) is 16.7 Å². The Balaban J connectivity index is 1.77. The van der Waals surface area contributed by atoms with E-state index < -0.39 is 10.0 Å². The molecule has 2 aromatic carbocycles. The summed E-state index contributed by atoms with van der Waals surface area (Å²) in [5, 5.41) is 8.84. The number of sulfonamides is 1. The van der Waals surface area contributed by atoms with Gasteiger partial charge in [-0.25, -0.2) is 18.4 Å². The zero-order chi connectivity index (χ0) is 19.7. The number of nitrogens with zero attached hydrogens (tertiary/aromatic N) is 4. The monoisotopic (exact) mass is 392 g/mol. The first-order valence-corrected chi connectivity index (χ1v) is 10.0. The molecule has 1 aliphatic heterocycles. The van der Waals surface area contributed by atoms with E-state index in [-0.39, 0.29) is 23.9 Å². The number of fused-ring (bicyclic) bond motifs is 1. The molecule has 3 aromatic rings. The maximum Gasteiger partial charge on any atom is 0.264 e. The van der Waals surface area contributed by atoms with Crippen molar-refractivity contribution in [2.24, 2.45) is 0 Å². The summed E-state index contributed by atoms with van der Waals surface area (Å²) in [4.78, 5) is 8.18. The fraction of sp³-hybridized carbons (Fsp3) is 0.150. The Kier molecular flexibility index (Phi) is 4.45. The van der Waals surface area contributed by atoms with Gasteiger partial charge in [0.2, 0.25) is 5.82 Å². The average molecular weight is 392 g/mol. The number of aryl methyl sites for hydroxylation is 1. The number of ether oxygens (including phenoxy) is 1. The van der Waals surface area contributed by atoms with Crippen molar-refractivity contribution >= 4 is 15.7 Å². The lowest BCUT2D eigenvalue weighted by molar-refractivity contribution is 0.316. The van der Waals surface area contributed by atoms with Crippen molar-refractivity contribution in [1.29, 1.82) is 5.26 Å². The van der Waals surface area contributed by atoms with Gasteiger partial charge in [0, 0.05) is 18.0 Å². The fourth-order valence-corrected chi connectivity index (χ4v) is 4.45. The highest BCUT2D eigenvalue weighted by Crippen LogP contribution is 2.38. The first-order chi connectivity index (χ1) is 13.5. The van der Waals surface area contributed by atoms with Gasteiger partial charge in [0.15, 0.2) is 0 Å². The van der Waals surface area contributed by atoms with Crippen LogP contribution >= 0.6 is 0 Å². The van der Waals surface area contributed by atoms with Crippen LogP contribution in [0.3, 0.4) is 0 Å². The lowest BCUT2D eigenvalue weighted by atomic mass is 10.1. The van der Waals surface area contributed by atoms with E-state index >= 15 is 0 Å². The van der Waals surface area contributed by atoms with E-state index in [1.807, 2.05) is 19.1 Å². The van der Waals surface area contributed by atoms with E-state index in [2.05, 4.69) is 9.97 Å². The molecular weight excluding hydrogens is 376 g/mol. The zero-order valence-electron chi connectivity index (χ0n) is 15.0. The van der Waals surface area contributed by atoms with Gasteiger partial charge in [-0.15, -0.1) is 0 Å². The second-order valence-electron chi connectivity index (χ2n) is 6.33. The molecule has 0 amide bonds. The summed E-state index contributed by atoms with van der Waals surface area (Å²) >= 11 is 0. The number of hydrogen-bond donors (Lipinski definition) is 0. The number of benzene rings is 2. The Bertz CT molecular complexity index is 1170. The van der Waals surface area contributed by atoms with Crippen molar-refractivity contribution < 1.29 is 13.2 Å². The van der Waals surface area contributed by atoms with E-state index in [9.17, 15) is 8.42 Å². The lowest BCUT2D eigenvalue weighted by Crippen LogP contribution is -2.37. The second-order valence-corrected chi connectivity index (χ2v) is 8.19. The highest BCUT2D eigenvalue weighted by Gasteiger charge is 2.30. The molecule has 2 heterocycles. The van der Waals surface area contributed by atoms with Gasteiger partial charge in [0.1, 0.15) is 18.4 Å². The van der Waals surface area contributed by atoms with Crippen molar-refractivity contribution in [2.75, 3.05) is 17.5 Å². The molecule has 0 radical (unpaired) electrons. The van der Waals surface area contributed by atoms with Crippen molar-refractivity contribution in [2.45, 2.75) is 11.8 Å². The Morgan fingerprint density at radius 1 is 1.07 bits per heavy atom. The maximum atomic E-state index is 13.2. The van der Waals surface area contributed by atoms with Crippen molar-refractivity contribution in [1.82, 2.24) is 9.97 Å². The molecule has 1 aromatic heterocycles. The van der Waals surface area contributed by atoms with Gasteiger partial charge in [-0.05, 0) is 36.8 Å². The molecule has 4 rings (SSSR count). The Morgan fingerprint density at radius 2 is 1.79 bits per heavy atom. The molecule has 0 saturated carbocycles. The summed E-state index contributed by atoms with van der Waals surface area (Å²) in [6.07, 6.45) is 3.07. The van der Waals surface area contributed by atoms with Gasteiger partial charge in [0.05, 0.1) is 17.1 Å². The molecule has 0 atom stereocenters. The molecule has 140 valence electrons. The highest BCUT2D eigenvalue weighted by atomic mass is 32.2. The Hall–Kier alpha value is -3.44. The number of anilines is 1. The third kappa shape index (κ3) is 3.17. The first kappa shape index (κ1) is 17.9. The topological polar surface area (TPSA) is 96.2 Å². The van der Waals surface area contributed by atoms with E-state index in [4.69, 9.17) is 10.00 Å². The highest BCUT2D eigenvalue weighted by molar-refractivity contribution is 7.92. The number of hydrogen-bond acceptors (Lipinski definition) is 6. The van der Waals surface area contributed by atoms with Crippen LogP contribution in [0.2, 0.25) is 0 Å². The molecule has 0 bridgehead atoms. The Morgan fingerprint density at radius 3 is 2.46 bits per heavy atom. The van der Waals surface area contributed by atoms with Crippen LogP contribution < -0.4 is 9.04 Å². The van der Waals surface area contributed by atoms with Crippen LogP contribution in [-0.2, 0) is 10.0 Å². The zero-order valence-corrected chi connectivity index (χ0v) is 15.8. The maximum absolute atomic E-state index is 13.2. The first-order valence-electron chi connectivity index (χ1n) is 8.58. The molecule has 28 heavy (non-hydrogen) atoms. The summed E-state index contributed by atoms with van der Waals surface area (Å²) in [7, 11) is -3.72. The quantitative estimate of drug-likeness (QED) is 0.680. The van der Waals surface area contributed by atoms with Crippen LogP contribution in [0.4, 0.5) is 5.69 Å². The lowest BCUT2D eigenvalue weighted by Gasteiger charge is -2.31. The van der Waals surface area contributed by atoms with Crippen LogP contribution in [0.1, 0.15) is 11.4 Å². The summed E-state index contributed by atoms with van der Waals surface area (Å²) in [6.45, 7) is 2.40. The largest absolute Gasteiger partial charge is 0.489 e. The number of nitriles is 1. The minimum absolute atomic E-state index is 0.0774. The van der Waals surface area contributed by atoms with Crippen LogP contribution in [0.15, 0.2) is 59.8 Å². The molecule has 0 fully saturated rings. The standard InChI is InChI=1S/C20H16N4O3S/c1-14-2-5-17(6-3-14)28(25,26)24-8-9-27-19-7-4-15(10-18(19)24)16-12-22-20(11-21)23-13-16/h2-7,10,12-13H,8-9H2,1H3. The summed E-state index contributed by atoms with van der Waals surface area (Å²) in [6, 6.07) is 13.9. The molecular formula is C20H16N4O3S. The van der Waals surface area contributed by atoms with Gasteiger partial charge < -0.3 is 4.74 Å². The van der Waals surface area contributed by atoms with Gasteiger partial charge >= 0.3 is 0 Å². The third-order valence-corrected chi connectivity index (χ3v) is 6.30. The molecule has 0 spiro atoms. The number of rotatable bonds is 3. The summed E-state index contributed by atoms with van der Waals surface area (Å²) in [5.74, 6) is 0.578. The smallest absolute Gasteiger partial charge is 0.264 e. The molecule has 8 heteroatoms. The van der Waals surface area contributed by atoms with Crippen LogP contribution in [-0.4, -0.2) is 31.5 Å². The summed E-state index contributed by atoms with van der Waals surface area (Å²) < 4.78 is 33.4. The predicted molar refractivity (Wildman–Crippen MR) is 103 cm³/mol. The molecule has 0 N–H and O–H groups in total. The summed E-state index contributed by atoms with van der Waals surface area (Å²) in [5.41, 5.74) is 2.87. The molecule has 0 unspecified atom stereocenters. The average Bonchev–Trinajstić information content (AvgIpc) is 2.73. The van der Waals surface area contributed by atoms with E-state index in [1.54, 1.807) is 36.4 Å². The van der Waals surface area contributed by atoms with Gasteiger partial charge in [-0.1, -0.05) is 23.8 Å². The van der Waals surface area contributed by atoms with E-state index in [0.29, 0.717) is 17.0 Å². The third-order valence-electron chi connectivity index (χ3n) is 4.47. The fourth-order valence-electron chi connectivity index (χ4n) is 2.99. The van der Waals surface area contributed by atoms with E-state index in [0.717, 1.165) is 11.1 Å². The van der Waals surface area contributed by atoms with Gasteiger partial charge in [0.25, 0.3) is 10.0 Å².